The summed E-state index contributed by atoms with van der Waals surface area (Å²) >= 11 is 0. The van der Waals surface area contributed by atoms with Gasteiger partial charge < -0.3 is 11.1 Å². The number of amides is 1. The van der Waals surface area contributed by atoms with Crippen molar-refractivity contribution >= 4 is 5.91 Å². The number of hydrogen-bond acceptors (Lipinski definition) is 2. The first-order chi connectivity index (χ1) is 9.67. The van der Waals surface area contributed by atoms with E-state index in [0.717, 1.165) is 37.1 Å². The summed E-state index contributed by atoms with van der Waals surface area (Å²) in [6.07, 6.45) is 15.8. The number of carbonyl (C=O) groups is 1. The molecule has 0 saturated heterocycles. The van der Waals surface area contributed by atoms with Crippen LogP contribution >= 0.6 is 0 Å². The molecule has 3 N–H and O–H groups in total. The summed E-state index contributed by atoms with van der Waals surface area (Å²) in [5, 5.41) is 3.87. The fourth-order valence-corrected chi connectivity index (χ4v) is 4.90. The molecule has 1 amide bonds. The molecule has 0 aromatic heterocycles. The molecule has 114 valence electrons. The van der Waals surface area contributed by atoms with Gasteiger partial charge in [-0.1, -0.05) is 12.8 Å². The Bertz CT molecular complexity index is 331. The summed E-state index contributed by atoms with van der Waals surface area (Å²) in [4.78, 5) is 11.2. The second-order valence-electron chi connectivity index (χ2n) is 7.60. The molecule has 3 heteroatoms. The predicted molar refractivity (Wildman–Crippen MR) is 81.2 cm³/mol. The van der Waals surface area contributed by atoms with E-state index in [9.17, 15) is 4.79 Å². The van der Waals surface area contributed by atoms with E-state index in [1.165, 1.54) is 51.4 Å². The third kappa shape index (κ3) is 3.19. The van der Waals surface area contributed by atoms with Crippen LogP contribution in [0, 0.1) is 11.3 Å². The zero-order valence-electron chi connectivity index (χ0n) is 12.7. The maximum absolute atomic E-state index is 11.2. The minimum atomic E-state index is -0.0932. The molecule has 3 aliphatic rings. The second-order valence-corrected chi connectivity index (χ2v) is 7.60. The van der Waals surface area contributed by atoms with Gasteiger partial charge in [-0.2, -0.15) is 0 Å². The van der Waals surface area contributed by atoms with Crippen molar-refractivity contribution in [1.82, 2.24) is 5.32 Å². The van der Waals surface area contributed by atoms with E-state index in [-0.39, 0.29) is 11.8 Å². The van der Waals surface area contributed by atoms with Crippen LogP contribution in [0.5, 0.6) is 0 Å². The first-order valence-electron chi connectivity index (χ1n) is 8.72. The third-order valence-electron chi connectivity index (χ3n) is 6.31. The molecule has 0 aliphatic heterocycles. The van der Waals surface area contributed by atoms with Crippen LogP contribution in [0.1, 0.15) is 77.0 Å². The SMILES string of the molecule is NC(=O)C1CCC(NC2CCC3(CCCC3)CC2)CC1. The van der Waals surface area contributed by atoms with Crippen molar-refractivity contribution in [1.29, 1.82) is 0 Å². The molecular formula is C17H30N2O. The number of carbonyl (C=O) groups excluding carboxylic acids is 1. The molecule has 0 atom stereocenters. The van der Waals surface area contributed by atoms with E-state index in [4.69, 9.17) is 5.73 Å². The zero-order valence-corrected chi connectivity index (χ0v) is 12.7. The number of nitrogens with one attached hydrogen (secondary N) is 1. The summed E-state index contributed by atoms with van der Waals surface area (Å²) in [6, 6.07) is 1.37. The molecule has 1 spiro atoms. The van der Waals surface area contributed by atoms with E-state index >= 15 is 0 Å². The van der Waals surface area contributed by atoms with Crippen LogP contribution in [-0.2, 0) is 4.79 Å². The normalized spacial score (nSPS) is 34.4. The topological polar surface area (TPSA) is 55.1 Å². The Morgan fingerprint density at radius 3 is 1.95 bits per heavy atom. The van der Waals surface area contributed by atoms with E-state index < -0.39 is 0 Å². The molecule has 3 fully saturated rings. The van der Waals surface area contributed by atoms with Gasteiger partial charge in [0.25, 0.3) is 0 Å². The van der Waals surface area contributed by atoms with E-state index in [1.54, 1.807) is 0 Å². The highest BCUT2D eigenvalue weighted by molar-refractivity contribution is 5.76. The van der Waals surface area contributed by atoms with Gasteiger partial charge in [0.15, 0.2) is 0 Å². The van der Waals surface area contributed by atoms with Crippen LogP contribution in [-0.4, -0.2) is 18.0 Å². The Kier molecular flexibility index (Phi) is 4.34. The summed E-state index contributed by atoms with van der Waals surface area (Å²) in [7, 11) is 0. The van der Waals surface area contributed by atoms with Gasteiger partial charge in [0.2, 0.25) is 5.91 Å². The fourth-order valence-electron chi connectivity index (χ4n) is 4.90. The maximum atomic E-state index is 11.2. The van der Waals surface area contributed by atoms with Crippen LogP contribution < -0.4 is 11.1 Å². The fraction of sp³-hybridized carbons (Fsp3) is 0.941. The van der Waals surface area contributed by atoms with Crippen molar-refractivity contribution in [2.24, 2.45) is 17.1 Å². The van der Waals surface area contributed by atoms with Gasteiger partial charge in [-0.15, -0.1) is 0 Å². The third-order valence-corrected chi connectivity index (χ3v) is 6.31. The van der Waals surface area contributed by atoms with Crippen molar-refractivity contribution in [2.75, 3.05) is 0 Å². The molecule has 3 aliphatic carbocycles. The lowest BCUT2D eigenvalue weighted by Crippen LogP contribution is -2.44. The molecule has 3 nitrogen and oxygen atoms in total. The smallest absolute Gasteiger partial charge is 0.220 e. The predicted octanol–water partition coefficient (Wildman–Crippen LogP) is 3.12. The second kappa shape index (κ2) is 6.05. The minimum Gasteiger partial charge on any atom is -0.369 e. The number of primary amides is 1. The highest BCUT2D eigenvalue weighted by atomic mass is 16.1. The Balaban J connectivity index is 1.41. The van der Waals surface area contributed by atoms with Gasteiger partial charge >= 0.3 is 0 Å². The summed E-state index contributed by atoms with van der Waals surface area (Å²) in [5.74, 6) is 0.0467. The quantitative estimate of drug-likeness (QED) is 0.833. The van der Waals surface area contributed by atoms with Crippen LogP contribution in [0.3, 0.4) is 0 Å². The van der Waals surface area contributed by atoms with Gasteiger partial charge in [0, 0.05) is 18.0 Å². The van der Waals surface area contributed by atoms with Crippen LogP contribution in [0.25, 0.3) is 0 Å². The number of nitrogens with two attached hydrogens (primary N) is 1. The highest BCUT2D eigenvalue weighted by Gasteiger charge is 2.38. The molecular weight excluding hydrogens is 248 g/mol. The molecule has 0 aromatic carbocycles. The molecule has 20 heavy (non-hydrogen) atoms. The lowest BCUT2D eigenvalue weighted by Gasteiger charge is -2.40. The molecule has 3 saturated carbocycles. The molecule has 0 unspecified atom stereocenters. The summed E-state index contributed by atoms with van der Waals surface area (Å²) in [5.41, 5.74) is 6.14. The van der Waals surface area contributed by atoms with Crippen molar-refractivity contribution < 1.29 is 4.79 Å². The lowest BCUT2D eigenvalue weighted by molar-refractivity contribution is -0.122. The maximum Gasteiger partial charge on any atom is 0.220 e. The standard InChI is InChI=1S/C17H30N2O/c18-16(20)13-3-5-14(6-4-13)19-15-7-11-17(12-8-15)9-1-2-10-17/h13-15,19H,1-12H2,(H2,18,20). The Hall–Kier alpha value is -0.570. The molecule has 0 bridgehead atoms. The molecule has 0 aromatic rings. The Labute approximate surface area is 123 Å². The van der Waals surface area contributed by atoms with Crippen LogP contribution in [0.4, 0.5) is 0 Å². The number of rotatable bonds is 3. The van der Waals surface area contributed by atoms with Gasteiger partial charge in [0.1, 0.15) is 0 Å². The molecule has 3 rings (SSSR count). The van der Waals surface area contributed by atoms with Crippen LogP contribution in [0.15, 0.2) is 0 Å². The van der Waals surface area contributed by atoms with Crippen molar-refractivity contribution in [3.8, 4) is 0 Å². The minimum absolute atomic E-state index is 0.0932. The first kappa shape index (κ1) is 14.4. The molecule has 0 radical (unpaired) electrons. The Morgan fingerprint density at radius 1 is 0.850 bits per heavy atom. The average molecular weight is 278 g/mol. The van der Waals surface area contributed by atoms with Crippen molar-refractivity contribution in [2.45, 2.75) is 89.1 Å². The van der Waals surface area contributed by atoms with Crippen molar-refractivity contribution in [3.05, 3.63) is 0 Å². The highest BCUT2D eigenvalue weighted by Crippen LogP contribution is 2.49. The largest absolute Gasteiger partial charge is 0.369 e. The zero-order chi connectivity index (χ0) is 14.0. The van der Waals surface area contributed by atoms with Crippen molar-refractivity contribution in [3.63, 3.8) is 0 Å². The lowest BCUT2D eigenvalue weighted by atomic mass is 9.71. The van der Waals surface area contributed by atoms with E-state index in [1.807, 2.05) is 0 Å². The van der Waals surface area contributed by atoms with Gasteiger partial charge in [0.05, 0.1) is 0 Å². The van der Waals surface area contributed by atoms with Crippen LogP contribution in [0.2, 0.25) is 0 Å². The summed E-state index contributed by atoms with van der Waals surface area (Å²) < 4.78 is 0. The van der Waals surface area contributed by atoms with Gasteiger partial charge in [-0.25, -0.2) is 0 Å². The van der Waals surface area contributed by atoms with Gasteiger partial charge in [-0.3, -0.25) is 4.79 Å². The number of hydrogen-bond donors (Lipinski definition) is 2. The van der Waals surface area contributed by atoms with Gasteiger partial charge in [-0.05, 0) is 69.6 Å². The summed E-state index contributed by atoms with van der Waals surface area (Å²) in [6.45, 7) is 0. The van der Waals surface area contributed by atoms with E-state index in [2.05, 4.69) is 5.32 Å². The monoisotopic (exact) mass is 278 g/mol. The molecule has 0 heterocycles. The van der Waals surface area contributed by atoms with E-state index in [0.29, 0.717) is 6.04 Å². The Morgan fingerprint density at radius 2 is 1.40 bits per heavy atom. The average Bonchev–Trinajstić information content (AvgIpc) is 2.91. The first-order valence-corrected chi connectivity index (χ1v) is 8.72.